The summed E-state index contributed by atoms with van der Waals surface area (Å²) in [5, 5.41) is 9.42. The fraction of sp³-hybridized carbons (Fsp3) is 0.118. The maximum Gasteiger partial charge on any atom is 0.353 e. The number of rotatable bonds is 4. The van der Waals surface area contributed by atoms with Gasteiger partial charge >= 0.3 is 5.97 Å². The Kier molecular flexibility index (Phi) is 3.46. The highest BCUT2D eigenvalue weighted by Gasteiger charge is 2.49. The van der Waals surface area contributed by atoms with Crippen LogP contribution in [0.3, 0.4) is 0 Å². The lowest BCUT2D eigenvalue weighted by atomic mass is 9.80. The number of nitrogens with two attached hydrogens (primary N) is 1. The zero-order chi connectivity index (χ0) is 16.6. The molecule has 0 radical (unpaired) electrons. The third-order valence-electron chi connectivity index (χ3n) is 3.85. The van der Waals surface area contributed by atoms with Gasteiger partial charge in [-0.05, 0) is 30.3 Å². The average Bonchev–Trinajstić information content (AvgIpc) is 2.89. The SMILES string of the molecule is COc1ccc(C(=O)C2(N)C(C(=O)O)=Nc3ccccc32)cc1. The van der Waals surface area contributed by atoms with Crippen LogP contribution in [0.15, 0.2) is 53.5 Å². The largest absolute Gasteiger partial charge is 0.497 e. The molecule has 2 aromatic carbocycles. The molecule has 0 aromatic heterocycles. The van der Waals surface area contributed by atoms with Crippen LogP contribution in [0.2, 0.25) is 0 Å². The quantitative estimate of drug-likeness (QED) is 0.840. The molecule has 1 aliphatic rings. The molecule has 6 heteroatoms. The second kappa shape index (κ2) is 5.33. The van der Waals surface area contributed by atoms with Gasteiger partial charge < -0.3 is 15.6 Å². The Bertz CT molecular complexity index is 827. The molecule has 23 heavy (non-hydrogen) atoms. The van der Waals surface area contributed by atoms with Gasteiger partial charge in [0.1, 0.15) is 5.75 Å². The van der Waals surface area contributed by atoms with Crippen molar-refractivity contribution in [1.82, 2.24) is 0 Å². The molecule has 6 nitrogen and oxygen atoms in total. The van der Waals surface area contributed by atoms with E-state index in [0.717, 1.165) is 0 Å². The van der Waals surface area contributed by atoms with Crippen molar-refractivity contribution < 1.29 is 19.4 Å². The molecule has 0 aliphatic carbocycles. The Labute approximate surface area is 132 Å². The number of Topliss-reactive ketones (excluding diaryl/α,β-unsaturated/α-hetero) is 1. The number of benzene rings is 2. The molecule has 1 atom stereocenters. The van der Waals surface area contributed by atoms with Crippen molar-refractivity contribution >= 4 is 23.2 Å². The summed E-state index contributed by atoms with van der Waals surface area (Å²) in [5.41, 5.74) is 5.16. The second-order valence-electron chi connectivity index (χ2n) is 5.15. The Morgan fingerprint density at radius 2 is 1.78 bits per heavy atom. The molecule has 3 rings (SSSR count). The van der Waals surface area contributed by atoms with E-state index in [4.69, 9.17) is 10.5 Å². The number of aliphatic imine (C=N–C) groups is 1. The monoisotopic (exact) mass is 310 g/mol. The maximum atomic E-state index is 12.9. The first-order chi connectivity index (χ1) is 11.0. The molecule has 2 aromatic rings. The number of carboxylic acid groups (broad SMARTS) is 1. The summed E-state index contributed by atoms with van der Waals surface area (Å²) >= 11 is 0. The number of carboxylic acids is 1. The zero-order valence-electron chi connectivity index (χ0n) is 12.3. The fourth-order valence-electron chi connectivity index (χ4n) is 2.66. The summed E-state index contributed by atoms with van der Waals surface area (Å²) in [6, 6.07) is 13.0. The van der Waals surface area contributed by atoms with Gasteiger partial charge in [0, 0.05) is 11.1 Å². The van der Waals surface area contributed by atoms with Crippen molar-refractivity contribution in [3.8, 4) is 5.75 Å². The van der Waals surface area contributed by atoms with E-state index in [-0.39, 0.29) is 5.71 Å². The van der Waals surface area contributed by atoms with Crippen LogP contribution in [0, 0.1) is 0 Å². The van der Waals surface area contributed by atoms with E-state index in [2.05, 4.69) is 4.99 Å². The first kappa shape index (κ1) is 14.9. The van der Waals surface area contributed by atoms with Gasteiger partial charge in [0.15, 0.2) is 17.0 Å². The van der Waals surface area contributed by atoms with Crippen LogP contribution in [0.5, 0.6) is 5.75 Å². The minimum absolute atomic E-state index is 0.291. The predicted molar refractivity (Wildman–Crippen MR) is 84.4 cm³/mol. The van der Waals surface area contributed by atoms with E-state index in [9.17, 15) is 14.7 Å². The smallest absolute Gasteiger partial charge is 0.353 e. The third kappa shape index (κ3) is 2.20. The summed E-state index contributed by atoms with van der Waals surface area (Å²) in [6.07, 6.45) is 0. The van der Waals surface area contributed by atoms with E-state index >= 15 is 0 Å². The van der Waals surface area contributed by atoms with Crippen molar-refractivity contribution in [1.29, 1.82) is 0 Å². The molecule has 1 heterocycles. The molecule has 0 amide bonds. The van der Waals surface area contributed by atoms with E-state index in [1.54, 1.807) is 48.5 Å². The van der Waals surface area contributed by atoms with Gasteiger partial charge in [0.05, 0.1) is 12.8 Å². The molecular weight excluding hydrogens is 296 g/mol. The molecule has 116 valence electrons. The average molecular weight is 310 g/mol. The van der Waals surface area contributed by atoms with Gasteiger partial charge in [-0.1, -0.05) is 18.2 Å². The normalized spacial score (nSPS) is 19.0. The molecule has 1 unspecified atom stereocenters. The molecular formula is C17H14N2O4. The van der Waals surface area contributed by atoms with Crippen LogP contribution < -0.4 is 10.5 Å². The number of carbonyl (C=O) groups excluding carboxylic acids is 1. The summed E-state index contributed by atoms with van der Waals surface area (Å²) in [5.74, 6) is -1.25. The van der Waals surface area contributed by atoms with Gasteiger partial charge in [-0.2, -0.15) is 0 Å². The summed E-state index contributed by atoms with van der Waals surface area (Å²) < 4.78 is 5.05. The van der Waals surface area contributed by atoms with E-state index < -0.39 is 17.3 Å². The van der Waals surface area contributed by atoms with Gasteiger partial charge in [-0.3, -0.25) is 4.79 Å². The van der Waals surface area contributed by atoms with Crippen LogP contribution in [0.1, 0.15) is 15.9 Å². The third-order valence-corrected chi connectivity index (χ3v) is 3.85. The lowest BCUT2D eigenvalue weighted by Crippen LogP contribution is -2.52. The van der Waals surface area contributed by atoms with Gasteiger partial charge in [0.25, 0.3) is 0 Å². The van der Waals surface area contributed by atoms with Gasteiger partial charge in [0.2, 0.25) is 0 Å². The Balaban J connectivity index is 2.12. The predicted octanol–water partition coefficient (Wildman–Crippen LogP) is 1.90. The van der Waals surface area contributed by atoms with E-state index in [1.807, 2.05) is 0 Å². The maximum absolute atomic E-state index is 12.9. The number of ketones is 1. The van der Waals surface area contributed by atoms with Gasteiger partial charge in [-0.15, -0.1) is 0 Å². The Morgan fingerprint density at radius 3 is 2.39 bits per heavy atom. The van der Waals surface area contributed by atoms with E-state index in [0.29, 0.717) is 22.6 Å². The van der Waals surface area contributed by atoms with Crippen molar-refractivity contribution in [3.05, 3.63) is 59.7 Å². The molecule has 0 saturated carbocycles. The van der Waals surface area contributed by atoms with Crippen LogP contribution in [0.4, 0.5) is 5.69 Å². The molecule has 3 N–H and O–H groups in total. The standard InChI is InChI=1S/C17H14N2O4/c1-23-11-8-6-10(7-9-11)15(20)17(18)12-4-2-3-5-13(12)19-14(17)16(21)22/h2-9H,18H2,1H3,(H,21,22). The molecule has 0 saturated heterocycles. The molecule has 1 aliphatic heterocycles. The molecule has 0 spiro atoms. The summed E-state index contributed by atoms with van der Waals surface area (Å²) in [6.45, 7) is 0. The van der Waals surface area contributed by atoms with Crippen molar-refractivity contribution in [2.75, 3.05) is 7.11 Å². The highest BCUT2D eigenvalue weighted by molar-refractivity contribution is 6.47. The first-order valence-electron chi connectivity index (χ1n) is 6.88. The van der Waals surface area contributed by atoms with E-state index in [1.165, 1.54) is 7.11 Å². The number of hydrogen-bond acceptors (Lipinski definition) is 5. The lowest BCUT2D eigenvalue weighted by molar-refractivity contribution is -0.129. The van der Waals surface area contributed by atoms with Crippen LogP contribution in [0.25, 0.3) is 0 Å². The molecule has 0 bridgehead atoms. The number of aliphatic carboxylic acids is 1. The minimum atomic E-state index is -1.81. The number of hydrogen-bond donors (Lipinski definition) is 2. The fourth-order valence-corrected chi connectivity index (χ4v) is 2.66. The lowest BCUT2D eigenvalue weighted by Gasteiger charge is -2.24. The number of ether oxygens (including phenoxy) is 1. The Hall–Kier alpha value is -2.99. The summed E-state index contributed by atoms with van der Waals surface area (Å²) in [7, 11) is 1.52. The van der Waals surface area contributed by atoms with Crippen molar-refractivity contribution in [2.45, 2.75) is 5.54 Å². The van der Waals surface area contributed by atoms with Crippen LogP contribution in [-0.4, -0.2) is 29.7 Å². The molecule has 0 fully saturated rings. The second-order valence-corrected chi connectivity index (χ2v) is 5.15. The number of para-hydroxylation sites is 1. The van der Waals surface area contributed by atoms with Gasteiger partial charge in [-0.25, -0.2) is 9.79 Å². The number of nitrogens with zero attached hydrogens (tertiary/aromatic N) is 1. The minimum Gasteiger partial charge on any atom is -0.497 e. The number of carbonyl (C=O) groups is 2. The summed E-state index contributed by atoms with van der Waals surface area (Å²) in [4.78, 5) is 28.5. The number of methoxy groups -OCH3 is 1. The van der Waals surface area contributed by atoms with Crippen LogP contribution >= 0.6 is 0 Å². The zero-order valence-corrected chi connectivity index (χ0v) is 12.3. The first-order valence-corrected chi connectivity index (χ1v) is 6.88. The van der Waals surface area contributed by atoms with Crippen molar-refractivity contribution in [3.63, 3.8) is 0 Å². The topological polar surface area (TPSA) is 102 Å². The van der Waals surface area contributed by atoms with Crippen molar-refractivity contribution in [2.24, 2.45) is 10.7 Å². The highest BCUT2D eigenvalue weighted by Crippen LogP contribution is 2.39. The van der Waals surface area contributed by atoms with Crippen LogP contribution in [-0.2, 0) is 10.3 Å². The highest BCUT2D eigenvalue weighted by atomic mass is 16.5. The number of fused-ring (bicyclic) bond motifs is 1. The Morgan fingerprint density at radius 1 is 1.13 bits per heavy atom.